The highest BCUT2D eigenvalue weighted by Crippen LogP contribution is 2.17. The summed E-state index contributed by atoms with van der Waals surface area (Å²) in [5, 5.41) is 10.8. The van der Waals surface area contributed by atoms with Crippen LogP contribution in [-0.2, 0) is 27.8 Å². The Morgan fingerprint density at radius 3 is 2.57 bits per heavy atom. The monoisotopic (exact) mass is 428 g/mol. The molecule has 0 aliphatic heterocycles. The molecule has 2 N–H and O–H groups in total. The van der Waals surface area contributed by atoms with Gasteiger partial charge in [0.1, 0.15) is 0 Å². The zero-order chi connectivity index (χ0) is 21.6. The first-order chi connectivity index (χ1) is 14.3. The first-order valence-electron chi connectivity index (χ1n) is 9.59. The van der Waals surface area contributed by atoms with Crippen LogP contribution in [0.25, 0.3) is 11.5 Å². The van der Waals surface area contributed by atoms with E-state index in [1.807, 2.05) is 30.3 Å². The predicted octanol–water partition coefficient (Wildman–Crippen LogP) is 2.67. The van der Waals surface area contributed by atoms with E-state index in [0.717, 1.165) is 5.56 Å². The zero-order valence-electron chi connectivity index (χ0n) is 16.8. The van der Waals surface area contributed by atoms with E-state index in [1.165, 1.54) is 6.07 Å². The first-order valence-corrected chi connectivity index (χ1v) is 11.1. The van der Waals surface area contributed by atoms with Crippen LogP contribution in [-0.4, -0.2) is 30.6 Å². The van der Waals surface area contributed by atoms with Crippen molar-refractivity contribution < 1.29 is 17.6 Å². The van der Waals surface area contributed by atoms with Crippen molar-refractivity contribution in [2.45, 2.75) is 44.2 Å². The molecule has 9 heteroatoms. The minimum absolute atomic E-state index is 0.169. The summed E-state index contributed by atoms with van der Waals surface area (Å²) in [6.45, 7) is 3.74. The van der Waals surface area contributed by atoms with Crippen LogP contribution >= 0.6 is 0 Å². The third-order valence-corrected chi connectivity index (χ3v) is 5.80. The van der Waals surface area contributed by atoms with Crippen molar-refractivity contribution in [1.29, 1.82) is 0 Å². The Hall–Kier alpha value is -3.04. The topological polar surface area (TPSA) is 114 Å². The predicted molar refractivity (Wildman–Crippen MR) is 112 cm³/mol. The summed E-state index contributed by atoms with van der Waals surface area (Å²) >= 11 is 0. The van der Waals surface area contributed by atoms with Gasteiger partial charge in [-0.3, -0.25) is 4.79 Å². The smallest absolute Gasteiger partial charge is 0.247 e. The summed E-state index contributed by atoms with van der Waals surface area (Å²) in [7, 11) is -3.58. The minimum Gasteiger partial charge on any atom is -0.421 e. The molecule has 0 spiro atoms. The normalized spacial score (nSPS) is 11.6. The van der Waals surface area contributed by atoms with Gasteiger partial charge in [-0.25, -0.2) is 13.1 Å². The first kappa shape index (κ1) is 21.7. The van der Waals surface area contributed by atoms with Gasteiger partial charge in [-0.1, -0.05) is 30.3 Å². The van der Waals surface area contributed by atoms with E-state index in [1.54, 1.807) is 32.0 Å². The van der Waals surface area contributed by atoms with E-state index in [0.29, 0.717) is 23.8 Å². The van der Waals surface area contributed by atoms with Gasteiger partial charge in [-0.15, -0.1) is 10.2 Å². The molecule has 0 fully saturated rings. The van der Waals surface area contributed by atoms with Crippen molar-refractivity contribution in [2.24, 2.45) is 0 Å². The van der Waals surface area contributed by atoms with Gasteiger partial charge in [-0.05, 0) is 43.7 Å². The molecule has 0 atom stereocenters. The van der Waals surface area contributed by atoms with Gasteiger partial charge < -0.3 is 9.73 Å². The van der Waals surface area contributed by atoms with Crippen LogP contribution in [0.5, 0.6) is 0 Å². The van der Waals surface area contributed by atoms with Crippen LogP contribution in [0.15, 0.2) is 63.9 Å². The molecule has 0 unspecified atom stereocenters. The molecule has 0 aliphatic rings. The molecule has 2 aromatic carbocycles. The number of sulfonamides is 1. The largest absolute Gasteiger partial charge is 0.421 e. The van der Waals surface area contributed by atoms with E-state index < -0.39 is 10.0 Å². The maximum absolute atomic E-state index is 12.3. The molecule has 3 aromatic rings. The highest BCUT2D eigenvalue weighted by molar-refractivity contribution is 7.89. The second-order valence-electron chi connectivity index (χ2n) is 7.07. The fourth-order valence-corrected chi connectivity index (χ4v) is 4.08. The number of hydrogen-bond acceptors (Lipinski definition) is 6. The Morgan fingerprint density at radius 1 is 1.07 bits per heavy atom. The Kier molecular flexibility index (Phi) is 6.96. The third-order valence-electron chi connectivity index (χ3n) is 4.14. The van der Waals surface area contributed by atoms with Crippen molar-refractivity contribution >= 4 is 15.9 Å². The fraction of sp³-hybridized carbons (Fsp3) is 0.286. The standard InChI is InChI=1S/C21H24N4O4S/c1-15(2)25-30(27,28)18-10-6-7-16(13-18)14-22-19(26)11-12-20-23-24-21(29-20)17-8-4-3-5-9-17/h3-10,13,15,25H,11-12,14H2,1-2H3,(H,22,26). The highest BCUT2D eigenvalue weighted by atomic mass is 32.2. The number of aryl methyl sites for hydroxylation is 1. The number of amides is 1. The molecule has 8 nitrogen and oxygen atoms in total. The van der Waals surface area contributed by atoms with Gasteiger partial charge in [-0.2, -0.15) is 0 Å². The highest BCUT2D eigenvalue weighted by Gasteiger charge is 2.16. The Bertz CT molecular complexity index is 1090. The molecule has 1 aromatic heterocycles. The third kappa shape index (κ3) is 5.98. The van der Waals surface area contributed by atoms with Crippen molar-refractivity contribution in [3.63, 3.8) is 0 Å². The Labute approximate surface area is 175 Å². The lowest BCUT2D eigenvalue weighted by Gasteiger charge is -2.11. The molecule has 0 bridgehead atoms. The minimum atomic E-state index is -3.58. The number of nitrogens with one attached hydrogen (secondary N) is 2. The molecule has 0 aliphatic carbocycles. The molecule has 0 radical (unpaired) electrons. The molecule has 3 rings (SSSR count). The van der Waals surface area contributed by atoms with Gasteiger partial charge >= 0.3 is 0 Å². The van der Waals surface area contributed by atoms with E-state index in [-0.39, 0.29) is 29.8 Å². The van der Waals surface area contributed by atoms with Crippen LogP contribution < -0.4 is 10.0 Å². The lowest BCUT2D eigenvalue weighted by atomic mass is 10.2. The molecule has 0 saturated carbocycles. The quantitative estimate of drug-likeness (QED) is 0.542. The molecular weight excluding hydrogens is 404 g/mol. The summed E-state index contributed by atoms with van der Waals surface area (Å²) in [4.78, 5) is 12.3. The summed E-state index contributed by atoms with van der Waals surface area (Å²) in [5.41, 5.74) is 1.52. The molecule has 1 amide bonds. The number of hydrogen-bond donors (Lipinski definition) is 2. The Morgan fingerprint density at radius 2 is 1.83 bits per heavy atom. The number of carbonyl (C=O) groups is 1. The van der Waals surface area contributed by atoms with Crippen LogP contribution in [0.1, 0.15) is 31.7 Å². The molecule has 158 valence electrons. The number of benzene rings is 2. The fourth-order valence-electron chi connectivity index (χ4n) is 2.76. The SMILES string of the molecule is CC(C)NS(=O)(=O)c1cccc(CNC(=O)CCc2nnc(-c3ccccc3)o2)c1. The lowest BCUT2D eigenvalue weighted by Crippen LogP contribution is -2.30. The van der Waals surface area contributed by atoms with Gasteiger partial charge in [0.15, 0.2) is 0 Å². The molecule has 30 heavy (non-hydrogen) atoms. The van der Waals surface area contributed by atoms with Crippen molar-refractivity contribution in [2.75, 3.05) is 0 Å². The van der Waals surface area contributed by atoms with Gasteiger partial charge in [0.2, 0.25) is 27.7 Å². The average Bonchev–Trinajstić information content (AvgIpc) is 3.20. The second-order valence-corrected chi connectivity index (χ2v) is 8.78. The van der Waals surface area contributed by atoms with Crippen molar-refractivity contribution in [3.8, 4) is 11.5 Å². The maximum atomic E-state index is 12.3. The van der Waals surface area contributed by atoms with Crippen LogP contribution in [0.3, 0.4) is 0 Å². The summed E-state index contributed by atoms with van der Waals surface area (Å²) in [6.07, 6.45) is 0.502. The van der Waals surface area contributed by atoms with Crippen molar-refractivity contribution in [1.82, 2.24) is 20.2 Å². The van der Waals surface area contributed by atoms with Crippen LogP contribution in [0.4, 0.5) is 0 Å². The average molecular weight is 429 g/mol. The summed E-state index contributed by atoms with van der Waals surface area (Å²) in [5.74, 6) is 0.610. The van der Waals surface area contributed by atoms with Crippen LogP contribution in [0, 0.1) is 0 Å². The van der Waals surface area contributed by atoms with Crippen LogP contribution in [0.2, 0.25) is 0 Å². The maximum Gasteiger partial charge on any atom is 0.247 e. The van der Waals surface area contributed by atoms with E-state index in [4.69, 9.17) is 4.42 Å². The van der Waals surface area contributed by atoms with Gasteiger partial charge in [0, 0.05) is 31.0 Å². The van der Waals surface area contributed by atoms with Crippen molar-refractivity contribution in [3.05, 3.63) is 66.1 Å². The number of nitrogens with zero attached hydrogens (tertiary/aromatic N) is 2. The lowest BCUT2D eigenvalue weighted by molar-refractivity contribution is -0.121. The Balaban J connectivity index is 1.52. The zero-order valence-corrected chi connectivity index (χ0v) is 17.6. The molecular formula is C21H24N4O4S. The second kappa shape index (κ2) is 9.64. The number of carbonyl (C=O) groups excluding carboxylic acids is 1. The van der Waals surface area contributed by atoms with Gasteiger partial charge in [0.05, 0.1) is 4.90 Å². The number of aromatic nitrogens is 2. The number of rotatable bonds is 9. The molecule has 0 saturated heterocycles. The van der Waals surface area contributed by atoms with E-state index >= 15 is 0 Å². The summed E-state index contributed by atoms with van der Waals surface area (Å²) < 4.78 is 32.7. The van der Waals surface area contributed by atoms with Gasteiger partial charge in [0.25, 0.3) is 0 Å². The summed E-state index contributed by atoms with van der Waals surface area (Å²) in [6, 6.07) is 15.7. The molecule has 1 heterocycles. The van der Waals surface area contributed by atoms with E-state index in [9.17, 15) is 13.2 Å². The van der Waals surface area contributed by atoms with E-state index in [2.05, 4.69) is 20.2 Å².